The molecule has 3 aromatic rings. The van der Waals surface area contributed by atoms with E-state index in [1.165, 1.54) is 39.5 Å². The zero-order valence-corrected chi connectivity index (χ0v) is 19.5. The third-order valence-corrected chi connectivity index (χ3v) is 6.18. The molecule has 2 heterocycles. The molecule has 176 valence electrons. The lowest BCUT2D eigenvalue weighted by molar-refractivity contribution is -0.384. The fraction of sp³-hybridized carbons (Fsp3) is 0.217. The van der Waals surface area contributed by atoms with Crippen molar-refractivity contribution in [3.63, 3.8) is 0 Å². The van der Waals surface area contributed by atoms with Crippen LogP contribution in [0.5, 0.6) is 17.2 Å². The van der Waals surface area contributed by atoms with Gasteiger partial charge in [-0.2, -0.15) is 16.9 Å². The minimum atomic E-state index is -0.458. The maximum Gasteiger partial charge on any atom is 0.269 e. The quantitative estimate of drug-likeness (QED) is 0.288. The molecule has 1 aromatic heterocycles. The Morgan fingerprint density at radius 1 is 1.12 bits per heavy atom. The van der Waals surface area contributed by atoms with Crippen molar-refractivity contribution >= 4 is 35.3 Å². The summed E-state index contributed by atoms with van der Waals surface area (Å²) in [5, 5.41) is 18.5. The molecule has 0 saturated heterocycles. The lowest BCUT2D eigenvalue weighted by atomic mass is 10.1. The minimum Gasteiger partial charge on any atom is -0.493 e. The molecule has 1 N–H and O–H groups in total. The molecule has 1 amide bonds. The Hall–Kier alpha value is -3.99. The maximum absolute atomic E-state index is 12.8. The second kappa shape index (κ2) is 9.87. The van der Waals surface area contributed by atoms with E-state index in [-0.39, 0.29) is 11.6 Å². The molecule has 2 aromatic carbocycles. The van der Waals surface area contributed by atoms with Gasteiger partial charge in [-0.15, -0.1) is 0 Å². The largest absolute Gasteiger partial charge is 0.493 e. The van der Waals surface area contributed by atoms with Gasteiger partial charge in [0.25, 0.3) is 5.69 Å². The van der Waals surface area contributed by atoms with Crippen molar-refractivity contribution in [2.24, 2.45) is 0 Å². The van der Waals surface area contributed by atoms with Crippen LogP contribution >= 0.6 is 11.8 Å². The van der Waals surface area contributed by atoms with Crippen molar-refractivity contribution in [1.29, 1.82) is 0 Å². The third-order valence-electron chi connectivity index (χ3n) is 5.21. The normalized spacial score (nSPS) is 12.4. The molecular weight excluding hydrogens is 460 g/mol. The molecule has 4 rings (SSSR count). The molecule has 0 atom stereocenters. The Morgan fingerprint density at radius 2 is 1.79 bits per heavy atom. The van der Waals surface area contributed by atoms with Crippen LogP contribution in [-0.4, -0.2) is 41.9 Å². The molecule has 0 radical (unpaired) electrons. The number of thioether (sulfide) groups is 1. The number of methoxy groups -OCH3 is 3. The van der Waals surface area contributed by atoms with Crippen molar-refractivity contribution in [1.82, 2.24) is 9.78 Å². The number of hydrogen-bond acceptors (Lipinski definition) is 8. The van der Waals surface area contributed by atoms with Gasteiger partial charge < -0.3 is 19.5 Å². The van der Waals surface area contributed by atoms with Crippen LogP contribution in [0.3, 0.4) is 0 Å². The lowest BCUT2D eigenvalue weighted by Gasteiger charge is -2.13. The molecule has 34 heavy (non-hydrogen) atoms. The summed E-state index contributed by atoms with van der Waals surface area (Å²) in [6.45, 7) is 0. The first kappa shape index (κ1) is 23.2. The number of ether oxygens (including phenoxy) is 3. The molecule has 0 fully saturated rings. The number of aromatic nitrogens is 2. The number of amides is 1. The summed E-state index contributed by atoms with van der Waals surface area (Å²) >= 11 is 1.71. The first-order chi connectivity index (χ1) is 16.4. The third kappa shape index (κ3) is 4.55. The van der Waals surface area contributed by atoms with E-state index in [4.69, 9.17) is 14.2 Å². The number of fused-ring (bicyclic) bond motifs is 1. The molecule has 0 saturated carbocycles. The van der Waals surface area contributed by atoms with Gasteiger partial charge in [-0.3, -0.25) is 14.9 Å². The number of nitrogens with one attached hydrogen (secondary N) is 1. The number of anilines is 1. The van der Waals surface area contributed by atoms with E-state index in [0.29, 0.717) is 40.1 Å². The molecule has 0 unspecified atom stereocenters. The fourth-order valence-corrected chi connectivity index (χ4v) is 4.61. The van der Waals surface area contributed by atoms with E-state index in [2.05, 4.69) is 10.4 Å². The molecule has 11 heteroatoms. The number of nitrogens with zero attached hydrogens (tertiary/aromatic N) is 3. The topological polar surface area (TPSA) is 118 Å². The highest BCUT2D eigenvalue weighted by molar-refractivity contribution is 7.98. The van der Waals surface area contributed by atoms with Gasteiger partial charge in [-0.05, 0) is 35.9 Å². The Bertz CT molecular complexity index is 1240. The Balaban J connectivity index is 1.60. The predicted octanol–water partition coefficient (Wildman–Crippen LogP) is 4.21. The molecule has 10 nitrogen and oxygen atoms in total. The number of benzene rings is 2. The van der Waals surface area contributed by atoms with Gasteiger partial charge in [0.2, 0.25) is 11.7 Å². The van der Waals surface area contributed by atoms with Crippen molar-refractivity contribution in [3.05, 3.63) is 69.4 Å². The van der Waals surface area contributed by atoms with Crippen LogP contribution in [0.4, 0.5) is 11.5 Å². The summed E-state index contributed by atoms with van der Waals surface area (Å²) in [6, 6.07) is 9.50. The van der Waals surface area contributed by atoms with E-state index in [9.17, 15) is 14.9 Å². The zero-order valence-electron chi connectivity index (χ0n) is 18.7. The van der Waals surface area contributed by atoms with Gasteiger partial charge >= 0.3 is 0 Å². The summed E-state index contributed by atoms with van der Waals surface area (Å²) in [7, 11) is 4.57. The van der Waals surface area contributed by atoms with Gasteiger partial charge in [0.1, 0.15) is 5.82 Å². The monoisotopic (exact) mass is 482 g/mol. The van der Waals surface area contributed by atoms with E-state index in [0.717, 1.165) is 17.0 Å². The first-order valence-electron chi connectivity index (χ1n) is 10.2. The highest BCUT2D eigenvalue weighted by Gasteiger charge is 2.24. The van der Waals surface area contributed by atoms with Crippen LogP contribution in [0.2, 0.25) is 0 Å². The average Bonchev–Trinajstić information content (AvgIpc) is 3.44. The van der Waals surface area contributed by atoms with Gasteiger partial charge in [0, 0.05) is 35.3 Å². The van der Waals surface area contributed by atoms with Crippen LogP contribution in [0, 0.1) is 10.1 Å². The highest BCUT2D eigenvalue weighted by Crippen LogP contribution is 2.39. The van der Waals surface area contributed by atoms with Crippen LogP contribution < -0.4 is 19.5 Å². The molecular formula is C23H22N4O6S. The van der Waals surface area contributed by atoms with Crippen LogP contribution in [0.1, 0.15) is 16.8 Å². The standard InChI is InChI=1S/C23H22N4O6S/c1-31-19-10-14(11-20(32-2)22(19)33-3)4-9-21(28)24-23-17-12-34-13-18(17)25-26(23)15-5-7-16(8-6-15)27(29)30/h4-11H,12-13H2,1-3H3,(H,24,28)/b9-4-. The van der Waals surface area contributed by atoms with E-state index in [1.807, 2.05) is 0 Å². The van der Waals surface area contributed by atoms with Crippen molar-refractivity contribution in [2.45, 2.75) is 11.5 Å². The highest BCUT2D eigenvalue weighted by atomic mass is 32.2. The van der Waals surface area contributed by atoms with E-state index in [1.54, 1.807) is 46.8 Å². The summed E-state index contributed by atoms with van der Waals surface area (Å²) in [5.41, 5.74) is 3.12. The summed E-state index contributed by atoms with van der Waals surface area (Å²) in [6.07, 6.45) is 3.05. The number of nitro groups is 1. The summed E-state index contributed by atoms with van der Waals surface area (Å²) in [4.78, 5) is 23.3. The van der Waals surface area contributed by atoms with Gasteiger partial charge in [-0.25, -0.2) is 4.68 Å². The molecule has 0 bridgehead atoms. The van der Waals surface area contributed by atoms with Gasteiger partial charge in [-0.1, -0.05) is 0 Å². The summed E-state index contributed by atoms with van der Waals surface area (Å²) < 4.78 is 17.6. The number of carbonyl (C=O) groups excluding carboxylic acids is 1. The van der Waals surface area contributed by atoms with Crippen LogP contribution in [-0.2, 0) is 16.3 Å². The fourth-order valence-electron chi connectivity index (χ4n) is 3.57. The number of rotatable bonds is 8. The number of non-ortho nitro benzene ring substituents is 1. The van der Waals surface area contributed by atoms with E-state index >= 15 is 0 Å². The minimum absolute atomic E-state index is 0.0159. The number of nitro benzene ring substituents is 1. The summed E-state index contributed by atoms with van der Waals surface area (Å²) in [5.74, 6) is 3.08. The lowest BCUT2D eigenvalue weighted by Crippen LogP contribution is -2.13. The van der Waals surface area contributed by atoms with Crippen LogP contribution in [0.25, 0.3) is 11.8 Å². The molecule has 1 aliphatic rings. The van der Waals surface area contributed by atoms with Gasteiger partial charge in [0.15, 0.2) is 11.5 Å². The second-order valence-corrected chi connectivity index (χ2v) is 8.22. The zero-order chi connectivity index (χ0) is 24.2. The Kier molecular flexibility index (Phi) is 6.73. The number of carbonyl (C=O) groups is 1. The molecule has 0 spiro atoms. The Labute approximate surface area is 199 Å². The first-order valence-corrected chi connectivity index (χ1v) is 11.3. The van der Waals surface area contributed by atoms with E-state index < -0.39 is 4.92 Å². The molecule has 1 aliphatic heterocycles. The van der Waals surface area contributed by atoms with Crippen molar-refractivity contribution in [3.8, 4) is 22.9 Å². The Morgan fingerprint density at radius 3 is 2.38 bits per heavy atom. The average molecular weight is 483 g/mol. The molecule has 0 aliphatic carbocycles. The number of hydrogen-bond donors (Lipinski definition) is 1. The predicted molar refractivity (Wildman–Crippen MR) is 129 cm³/mol. The van der Waals surface area contributed by atoms with Gasteiger partial charge in [0.05, 0.1) is 37.6 Å². The van der Waals surface area contributed by atoms with Crippen LogP contribution in [0.15, 0.2) is 42.5 Å². The SMILES string of the molecule is COc1cc(/C=C\C(=O)Nc2c3c(nn2-c2ccc([N+](=O)[O-])cc2)CSC3)cc(OC)c1OC. The second-order valence-electron chi connectivity index (χ2n) is 7.23. The smallest absolute Gasteiger partial charge is 0.269 e. The van der Waals surface area contributed by atoms with Crippen molar-refractivity contribution in [2.75, 3.05) is 26.6 Å². The maximum atomic E-state index is 12.8. The van der Waals surface area contributed by atoms with Crippen molar-refractivity contribution < 1.29 is 23.9 Å².